The molecule has 0 aliphatic carbocycles. The zero-order chi connectivity index (χ0) is 19.4. The van der Waals surface area contributed by atoms with E-state index in [1.54, 1.807) is 19.2 Å². The fraction of sp³-hybridized carbons (Fsp3) is 0.0909. The molecule has 3 N–H and O–H groups in total. The summed E-state index contributed by atoms with van der Waals surface area (Å²) in [4.78, 5) is 23.8. The van der Waals surface area contributed by atoms with Crippen molar-refractivity contribution in [2.45, 2.75) is 6.92 Å². The highest BCUT2D eigenvalue weighted by Gasteiger charge is 2.13. The van der Waals surface area contributed by atoms with Gasteiger partial charge in [0.1, 0.15) is 0 Å². The number of benzene rings is 3. The molecule has 0 saturated carbocycles. The van der Waals surface area contributed by atoms with E-state index in [1.165, 1.54) is 12.1 Å². The maximum Gasteiger partial charge on any atom is 0.337 e. The first-order valence-electron chi connectivity index (χ1n) is 8.51. The summed E-state index contributed by atoms with van der Waals surface area (Å²) < 4.78 is 0. The molecule has 0 heterocycles. The van der Waals surface area contributed by atoms with Crippen molar-refractivity contribution in [1.82, 2.24) is 0 Å². The Bertz CT molecular complexity index is 1050. The first kappa shape index (κ1) is 18.2. The standard InChI is InChI=1S/C22H20N2O3/c1-14(16-8-7-15-5-3-4-6-17(15)12-16)11-21(25)24-20-10-9-18(23-2)13-19(20)22(26)27/h3-13,23H,1-2H3,(H,24,25)(H,26,27). The van der Waals surface area contributed by atoms with Gasteiger partial charge in [0.05, 0.1) is 11.3 Å². The van der Waals surface area contributed by atoms with Crippen LogP contribution in [-0.2, 0) is 4.79 Å². The third-order valence-electron chi connectivity index (χ3n) is 4.35. The number of carbonyl (C=O) groups is 2. The number of hydrogen-bond acceptors (Lipinski definition) is 3. The van der Waals surface area contributed by atoms with Gasteiger partial charge in [-0.15, -0.1) is 0 Å². The molecule has 0 bridgehead atoms. The van der Waals surface area contributed by atoms with Gasteiger partial charge in [-0.1, -0.05) is 36.4 Å². The van der Waals surface area contributed by atoms with Gasteiger partial charge in [0, 0.05) is 18.8 Å². The Kier molecular flexibility index (Phi) is 5.22. The number of carbonyl (C=O) groups excluding carboxylic acids is 1. The van der Waals surface area contributed by atoms with Gasteiger partial charge in [-0.05, 0) is 53.1 Å². The summed E-state index contributed by atoms with van der Waals surface area (Å²) in [5, 5.41) is 17.1. The lowest BCUT2D eigenvalue weighted by molar-refractivity contribution is -0.111. The van der Waals surface area contributed by atoms with Gasteiger partial charge in [-0.25, -0.2) is 4.79 Å². The molecule has 3 aromatic carbocycles. The second kappa shape index (κ2) is 7.74. The molecule has 0 radical (unpaired) electrons. The second-order valence-electron chi connectivity index (χ2n) is 6.19. The Morgan fingerprint density at radius 1 is 0.963 bits per heavy atom. The Hall–Kier alpha value is -3.60. The number of amides is 1. The smallest absolute Gasteiger partial charge is 0.337 e. The summed E-state index contributed by atoms with van der Waals surface area (Å²) in [6, 6.07) is 18.8. The van der Waals surface area contributed by atoms with Gasteiger partial charge < -0.3 is 15.7 Å². The predicted molar refractivity (Wildman–Crippen MR) is 109 cm³/mol. The van der Waals surface area contributed by atoms with E-state index in [2.05, 4.69) is 10.6 Å². The van der Waals surface area contributed by atoms with Gasteiger partial charge in [-0.2, -0.15) is 0 Å². The Morgan fingerprint density at radius 2 is 1.70 bits per heavy atom. The fourth-order valence-corrected chi connectivity index (χ4v) is 2.87. The third-order valence-corrected chi connectivity index (χ3v) is 4.35. The third kappa shape index (κ3) is 4.15. The molecule has 27 heavy (non-hydrogen) atoms. The van der Waals surface area contributed by atoms with Crippen LogP contribution in [0.4, 0.5) is 11.4 Å². The van der Waals surface area contributed by atoms with Crippen molar-refractivity contribution in [1.29, 1.82) is 0 Å². The lowest BCUT2D eigenvalue weighted by Crippen LogP contribution is -2.13. The van der Waals surface area contributed by atoms with Crippen LogP contribution in [0.1, 0.15) is 22.8 Å². The first-order valence-corrected chi connectivity index (χ1v) is 8.51. The molecule has 0 aliphatic rings. The minimum absolute atomic E-state index is 0.0342. The Morgan fingerprint density at radius 3 is 2.41 bits per heavy atom. The molecule has 136 valence electrons. The van der Waals surface area contributed by atoms with Crippen LogP contribution in [0.25, 0.3) is 16.3 Å². The van der Waals surface area contributed by atoms with E-state index in [9.17, 15) is 14.7 Å². The number of hydrogen-bond donors (Lipinski definition) is 3. The summed E-state index contributed by atoms with van der Waals surface area (Å²) >= 11 is 0. The van der Waals surface area contributed by atoms with Crippen molar-refractivity contribution in [3.63, 3.8) is 0 Å². The minimum atomic E-state index is -1.10. The van der Waals surface area contributed by atoms with E-state index in [1.807, 2.05) is 49.4 Å². The van der Waals surface area contributed by atoms with Gasteiger partial charge in [0.25, 0.3) is 0 Å². The highest BCUT2D eigenvalue weighted by atomic mass is 16.4. The number of allylic oxidation sites excluding steroid dienone is 1. The number of fused-ring (bicyclic) bond motifs is 1. The SMILES string of the molecule is CNc1ccc(NC(=O)C=C(C)c2ccc3ccccc3c2)c(C(=O)O)c1. The quantitative estimate of drug-likeness (QED) is 0.580. The minimum Gasteiger partial charge on any atom is -0.478 e. The molecule has 0 aliphatic heterocycles. The Balaban J connectivity index is 1.84. The van der Waals surface area contributed by atoms with Crippen LogP contribution < -0.4 is 10.6 Å². The van der Waals surface area contributed by atoms with E-state index < -0.39 is 5.97 Å². The molecule has 5 nitrogen and oxygen atoms in total. The summed E-state index contributed by atoms with van der Waals surface area (Å²) in [5.74, 6) is -1.47. The summed E-state index contributed by atoms with van der Waals surface area (Å²) in [6.45, 7) is 1.85. The van der Waals surface area contributed by atoms with Crippen LogP contribution in [0, 0.1) is 0 Å². The lowest BCUT2D eigenvalue weighted by atomic mass is 10.0. The van der Waals surface area contributed by atoms with Crippen molar-refractivity contribution in [2.75, 3.05) is 17.7 Å². The van der Waals surface area contributed by atoms with Crippen LogP contribution in [0.3, 0.4) is 0 Å². The van der Waals surface area contributed by atoms with Crippen molar-refractivity contribution in [3.05, 3.63) is 77.9 Å². The molecule has 1 amide bonds. The molecule has 3 rings (SSSR count). The summed E-state index contributed by atoms with van der Waals surface area (Å²) in [7, 11) is 1.70. The molecule has 0 unspecified atom stereocenters. The number of carboxylic acids is 1. The normalized spacial score (nSPS) is 11.3. The number of rotatable bonds is 5. The van der Waals surface area contributed by atoms with E-state index in [-0.39, 0.29) is 17.2 Å². The molecular formula is C22H20N2O3. The average Bonchev–Trinajstić information content (AvgIpc) is 2.67. The topological polar surface area (TPSA) is 78.4 Å². The van der Waals surface area contributed by atoms with E-state index >= 15 is 0 Å². The number of aromatic carboxylic acids is 1. The maximum atomic E-state index is 12.4. The van der Waals surface area contributed by atoms with Crippen molar-refractivity contribution in [2.24, 2.45) is 0 Å². The maximum absolute atomic E-state index is 12.4. The molecule has 0 aromatic heterocycles. The molecule has 0 spiro atoms. The van der Waals surface area contributed by atoms with Gasteiger partial charge >= 0.3 is 5.97 Å². The lowest BCUT2D eigenvalue weighted by Gasteiger charge is -2.10. The van der Waals surface area contributed by atoms with Crippen LogP contribution >= 0.6 is 0 Å². The largest absolute Gasteiger partial charge is 0.478 e. The summed E-state index contributed by atoms with van der Waals surface area (Å²) in [5.41, 5.74) is 2.68. The second-order valence-corrected chi connectivity index (χ2v) is 6.19. The van der Waals surface area contributed by atoms with Crippen molar-refractivity contribution >= 4 is 39.6 Å². The van der Waals surface area contributed by atoms with E-state index in [0.717, 1.165) is 21.9 Å². The van der Waals surface area contributed by atoms with Gasteiger partial charge in [-0.3, -0.25) is 4.79 Å². The molecule has 0 fully saturated rings. The summed E-state index contributed by atoms with van der Waals surface area (Å²) in [6.07, 6.45) is 1.47. The van der Waals surface area contributed by atoms with Crippen molar-refractivity contribution in [3.8, 4) is 0 Å². The Labute approximate surface area is 157 Å². The van der Waals surface area contributed by atoms with Gasteiger partial charge in [0.2, 0.25) is 5.91 Å². The van der Waals surface area contributed by atoms with Crippen LogP contribution in [-0.4, -0.2) is 24.0 Å². The van der Waals surface area contributed by atoms with E-state index in [0.29, 0.717) is 5.69 Å². The van der Waals surface area contributed by atoms with E-state index in [4.69, 9.17) is 0 Å². The molecular weight excluding hydrogens is 340 g/mol. The highest BCUT2D eigenvalue weighted by molar-refractivity contribution is 6.07. The highest BCUT2D eigenvalue weighted by Crippen LogP contribution is 2.23. The zero-order valence-corrected chi connectivity index (χ0v) is 15.1. The zero-order valence-electron chi connectivity index (χ0n) is 15.1. The average molecular weight is 360 g/mol. The molecule has 0 saturated heterocycles. The number of carboxylic acid groups (broad SMARTS) is 1. The van der Waals surface area contributed by atoms with Crippen LogP contribution in [0.5, 0.6) is 0 Å². The first-order chi connectivity index (χ1) is 13.0. The molecule has 0 atom stereocenters. The molecule has 5 heteroatoms. The van der Waals surface area contributed by atoms with Crippen molar-refractivity contribution < 1.29 is 14.7 Å². The molecule has 3 aromatic rings. The fourth-order valence-electron chi connectivity index (χ4n) is 2.87. The predicted octanol–water partition coefficient (Wildman–Crippen LogP) is 4.62. The number of nitrogens with one attached hydrogen (secondary N) is 2. The van der Waals surface area contributed by atoms with Gasteiger partial charge in [0.15, 0.2) is 0 Å². The monoisotopic (exact) mass is 360 g/mol. The number of anilines is 2. The van der Waals surface area contributed by atoms with Crippen LogP contribution in [0.15, 0.2) is 66.7 Å². The van der Waals surface area contributed by atoms with Crippen LogP contribution in [0.2, 0.25) is 0 Å².